The summed E-state index contributed by atoms with van der Waals surface area (Å²) in [7, 11) is 3.16. The van der Waals surface area contributed by atoms with Crippen molar-refractivity contribution in [2.75, 3.05) is 27.4 Å². The van der Waals surface area contributed by atoms with Gasteiger partial charge in [0.1, 0.15) is 85.0 Å². The minimum atomic E-state index is -1.72. The second kappa shape index (κ2) is 18.8. The van der Waals surface area contributed by atoms with E-state index in [-0.39, 0.29) is 0 Å². The van der Waals surface area contributed by atoms with Gasteiger partial charge in [-0.25, -0.2) is 4.79 Å². The summed E-state index contributed by atoms with van der Waals surface area (Å²) in [4.78, 5) is 12.7. The maximum Gasteiger partial charge on any atom is 0.508 e. The zero-order chi connectivity index (χ0) is 39.8. The first kappa shape index (κ1) is 40.7. The lowest BCUT2D eigenvalue weighted by molar-refractivity contribution is -0.281. The van der Waals surface area contributed by atoms with Crippen LogP contribution in [0, 0.1) is 0 Å². The molecular weight excluding hydrogens is 732 g/mol. The normalized spacial score (nSPS) is 27.5. The van der Waals surface area contributed by atoms with Gasteiger partial charge < -0.3 is 68.5 Å². The Morgan fingerprint density at radius 2 is 0.893 bits per heavy atom. The second-order valence-electron chi connectivity index (χ2n) is 13.4. The smallest absolute Gasteiger partial charge is 0.497 e. The van der Waals surface area contributed by atoms with E-state index < -0.39 is 80.8 Å². The Labute approximate surface area is 323 Å². The van der Waals surface area contributed by atoms with Crippen LogP contribution in [0.2, 0.25) is 0 Å². The van der Waals surface area contributed by atoms with Gasteiger partial charge in [0.05, 0.1) is 14.2 Å². The molecule has 10 atom stereocenters. The van der Waals surface area contributed by atoms with Crippen LogP contribution in [-0.4, -0.2) is 126 Å². The summed E-state index contributed by atoms with van der Waals surface area (Å²) in [5.74, 6) is 2.13. The van der Waals surface area contributed by atoms with E-state index in [1.165, 1.54) is 0 Å². The highest BCUT2D eigenvalue weighted by atomic mass is 16.8. The SMILES string of the molecule is COc1ccc(Cc2ccccc2O[C@@H]2O[C@H](COC(=O)OC[C@H]3O[C@@H](Oc4ccccc4Cc4ccc(OC)cc4)[C@H](O)[C@@H](O)[C@@H]3O)[C@@H](O)[C@H](O)[C@H]2O)cc1. The molecule has 6 N–H and O–H groups in total. The van der Waals surface area contributed by atoms with Crippen molar-refractivity contribution < 1.29 is 73.3 Å². The zero-order valence-corrected chi connectivity index (χ0v) is 30.7. The highest BCUT2D eigenvalue weighted by molar-refractivity contribution is 5.59. The molecule has 15 nitrogen and oxygen atoms in total. The van der Waals surface area contributed by atoms with E-state index in [1.807, 2.05) is 72.8 Å². The first-order valence-electron chi connectivity index (χ1n) is 18.0. The molecule has 2 saturated heterocycles. The summed E-state index contributed by atoms with van der Waals surface area (Å²) < 4.78 is 44.2. The van der Waals surface area contributed by atoms with Gasteiger partial charge in [0, 0.05) is 12.8 Å². The van der Waals surface area contributed by atoms with Crippen molar-refractivity contribution in [3.8, 4) is 23.0 Å². The average Bonchev–Trinajstić information content (AvgIpc) is 3.22. The van der Waals surface area contributed by atoms with Gasteiger partial charge in [-0.15, -0.1) is 0 Å². The van der Waals surface area contributed by atoms with Crippen LogP contribution in [0.15, 0.2) is 97.1 Å². The van der Waals surface area contributed by atoms with Crippen molar-refractivity contribution >= 4 is 6.16 Å². The Hall–Kier alpha value is -4.97. The van der Waals surface area contributed by atoms with Crippen molar-refractivity contribution in [2.24, 2.45) is 0 Å². The number of methoxy groups -OCH3 is 2. The molecule has 2 fully saturated rings. The van der Waals surface area contributed by atoms with Crippen LogP contribution in [0.5, 0.6) is 23.0 Å². The predicted molar refractivity (Wildman–Crippen MR) is 196 cm³/mol. The molecule has 0 radical (unpaired) electrons. The fourth-order valence-corrected chi connectivity index (χ4v) is 6.35. The largest absolute Gasteiger partial charge is 0.508 e. The minimum absolute atomic E-state index is 0.358. The lowest BCUT2D eigenvalue weighted by atomic mass is 9.99. The second-order valence-corrected chi connectivity index (χ2v) is 13.4. The number of para-hydroxylation sites is 2. The molecular formula is C41H46O15. The van der Waals surface area contributed by atoms with E-state index in [4.69, 9.17) is 37.9 Å². The summed E-state index contributed by atoms with van der Waals surface area (Å²) in [5, 5.41) is 64.0. The number of benzene rings is 4. The number of carbonyl (C=O) groups is 1. The molecule has 0 bridgehead atoms. The van der Waals surface area contributed by atoms with Gasteiger partial charge >= 0.3 is 6.16 Å². The third-order valence-corrected chi connectivity index (χ3v) is 9.61. The highest BCUT2D eigenvalue weighted by Gasteiger charge is 2.47. The molecule has 56 heavy (non-hydrogen) atoms. The van der Waals surface area contributed by atoms with Gasteiger partial charge in [-0.05, 0) is 58.7 Å². The molecule has 2 heterocycles. The zero-order valence-electron chi connectivity index (χ0n) is 30.7. The molecule has 4 aromatic rings. The molecule has 0 amide bonds. The van der Waals surface area contributed by atoms with Crippen LogP contribution < -0.4 is 18.9 Å². The molecule has 15 heteroatoms. The molecule has 0 unspecified atom stereocenters. The van der Waals surface area contributed by atoms with E-state index in [2.05, 4.69) is 0 Å². The van der Waals surface area contributed by atoms with E-state index >= 15 is 0 Å². The van der Waals surface area contributed by atoms with Gasteiger partial charge in [0.25, 0.3) is 0 Å². The minimum Gasteiger partial charge on any atom is -0.497 e. The molecule has 2 aliphatic rings. The monoisotopic (exact) mass is 778 g/mol. The Morgan fingerprint density at radius 3 is 1.27 bits per heavy atom. The van der Waals surface area contributed by atoms with Crippen molar-refractivity contribution in [3.63, 3.8) is 0 Å². The number of aliphatic hydroxyl groups is 6. The summed E-state index contributed by atoms with van der Waals surface area (Å²) in [6.07, 6.45) is -16.0. The van der Waals surface area contributed by atoms with Crippen LogP contribution in [-0.2, 0) is 31.8 Å². The van der Waals surface area contributed by atoms with E-state index in [0.29, 0.717) is 35.8 Å². The van der Waals surface area contributed by atoms with Crippen LogP contribution in [0.4, 0.5) is 4.79 Å². The maximum absolute atomic E-state index is 12.7. The Balaban J connectivity index is 1.03. The molecule has 0 aromatic heterocycles. The fourth-order valence-electron chi connectivity index (χ4n) is 6.35. The predicted octanol–water partition coefficient (Wildman–Crippen LogP) is 2.11. The summed E-state index contributed by atoms with van der Waals surface area (Å²) in [6, 6.07) is 29.0. The Morgan fingerprint density at radius 1 is 0.518 bits per heavy atom. The molecule has 2 aliphatic heterocycles. The van der Waals surface area contributed by atoms with Gasteiger partial charge in [-0.1, -0.05) is 60.7 Å². The quantitative estimate of drug-likeness (QED) is 0.101. The van der Waals surface area contributed by atoms with Crippen LogP contribution in [0.3, 0.4) is 0 Å². The third-order valence-electron chi connectivity index (χ3n) is 9.61. The number of hydrogen-bond donors (Lipinski definition) is 6. The Kier molecular flexibility index (Phi) is 13.6. The van der Waals surface area contributed by atoms with Crippen LogP contribution in [0.25, 0.3) is 0 Å². The molecule has 0 aliphatic carbocycles. The van der Waals surface area contributed by atoms with Gasteiger partial charge in [-0.3, -0.25) is 0 Å². The van der Waals surface area contributed by atoms with Crippen LogP contribution >= 0.6 is 0 Å². The molecule has 300 valence electrons. The molecule has 0 saturated carbocycles. The van der Waals surface area contributed by atoms with Gasteiger partial charge in [-0.2, -0.15) is 0 Å². The van der Waals surface area contributed by atoms with Crippen molar-refractivity contribution in [2.45, 2.75) is 74.3 Å². The third kappa shape index (κ3) is 9.87. The van der Waals surface area contributed by atoms with Crippen molar-refractivity contribution in [1.82, 2.24) is 0 Å². The van der Waals surface area contributed by atoms with E-state index in [0.717, 1.165) is 22.3 Å². The van der Waals surface area contributed by atoms with Crippen molar-refractivity contribution in [1.29, 1.82) is 0 Å². The topological polar surface area (TPSA) is 212 Å². The molecule has 0 spiro atoms. The standard InChI is InChI=1S/C41H46O15/c1-49-27-15-11-23(12-16-27)19-25-7-3-5-9-29(25)53-39-37(46)35(44)33(42)31(55-39)21-51-41(48)52-22-32-34(43)36(45)38(47)40(56-32)54-30-10-6-4-8-26(30)20-24-13-17-28(50-2)18-14-24/h3-18,31-40,42-47H,19-22H2,1-2H3/t31-,32-,33-,34-,35+,36+,37-,38-,39-,40-/m1/s1. The first-order chi connectivity index (χ1) is 27.0. The number of rotatable bonds is 14. The van der Waals surface area contributed by atoms with E-state index in [9.17, 15) is 35.4 Å². The number of hydrogen-bond acceptors (Lipinski definition) is 15. The summed E-state index contributed by atoms with van der Waals surface area (Å²) >= 11 is 0. The number of aliphatic hydroxyl groups excluding tert-OH is 6. The van der Waals surface area contributed by atoms with Gasteiger partial charge in [0.15, 0.2) is 0 Å². The maximum atomic E-state index is 12.7. The first-order valence-corrected chi connectivity index (χ1v) is 18.0. The number of carbonyl (C=O) groups excluding carboxylic acids is 1. The summed E-state index contributed by atoms with van der Waals surface area (Å²) in [6.45, 7) is -1.24. The van der Waals surface area contributed by atoms with Crippen molar-refractivity contribution in [3.05, 3.63) is 119 Å². The number of ether oxygens (including phenoxy) is 8. The molecule has 4 aromatic carbocycles. The van der Waals surface area contributed by atoms with Crippen LogP contribution in [0.1, 0.15) is 22.3 Å². The lowest BCUT2D eigenvalue weighted by Crippen LogP contribution is -2.60. The fraction of sp³-hybridized carbons (Fsp3) is 0.390. The average molecular weight is 779 g/mol. The Bertz CT molecular complexity index is 1720. The van der Waals surface area contributed by atoms with E-state index in [1.54, 1.807) is 38.5 Å². The highest BCUT2D eigenvalue weighted by Crippen LogP contribution is 2.31. The molecule has 6 rings (SSSR count). The van der Waals surface area contributed by atoms with Gasteiger partial charge in [0.2, 0.25) is 12.6 Å². The summed E-state index contributed by atoms with van der Waals surface area (Å²) in [5.41, 5.74) is 3.41. The lowest BCUT2D eigenvalue weighted by Gasteiger charge is -2.40.